The number of nitrogens with zero attached hydrogens (tertiary/aromatic N) is 4. The molecule has 0 amide bonds. The highest BCUT2D eigenvalue weighted by molar-refractivity contribution is 6.08. The lowest BCUT2D eigenvalue weighted by Gasteiger charge is -2.22. The minimum Gasteiger partial charge on any atom is -0.437 e. The van der Waals surface area contributed by atoms with Crippen molar-refractivity contribution in [2.24, 2.45) is 7.05 Å². The van der Waals surface area contributed by atoms with E-state index < -0.39 is 0 Å². The maximum Gasteiger partial charge on any atom is 0.241 e. The molecule has 3 heterocycles. The normalized spacial score (nSPS) is 14.6. The number of para-hydroxylation sites is 2. The maximum absolute atomic E-state index is 13.0. The van der Waals surface area contributed by atoms with Crippen molar-refractivity contribution in [3.05, 3.63) is 78.0 Å². The van der Waals surface area contributed by atoms with E-state index in [0.29, 0.717) is 23.0 Å². The molecule has 0 aliphatic carbocycles. The molecule has 0 unspecified atom stereocenters. The van der Waals surface area contributed by atoms with E-state index in [1.54, 1.807) is 36.7 Å². The minimum atomic E-state index is -0.132. The Bertz CT molecular complexity index is 1230. The topological polar surface area (TPSA) is 79.1 Å². The van der Waals surface area contributed by atoms with Gasteiger partial charge in [-0.1, -0.05) is 12.1 Å². The zero-order chi connectivity index (χ0) is 21.2. The van der Waals surface area contributed by atoms with Crippen molar-refractivity contribution in [2.45, 2.75) is 18.8 Å². The van der Waals surface area contributed by atoms with Gasteiger partial charge in [0.1, 0.15) is 11.4 Å². The molecule has 1 aliphatic rings. The largest absolute Gasteiger partial charge is 0.437 e. The van der Waals surface area contributed by atoms with Crippen molar-refractivity contribution in [1.29, 1.82) is 0 Å². The summed E-state index contributed by atoms with van der Waals surface area (Å²) in [7, 11) is 1.85. The second-order valence-corrected chi connectivity index (χ2v) is 7.57. The van der Waals surface area contributed by atoms with Gasteiger partial charge in [0.2, 0.25) is 11.7 Å². The van der Waals surface area contributed by atoms with E-state index in [-0.39, 0.29) is 11.7 Å². The molecule has 0 saturated carbocycles. The standard InChI is InChI=1S/C24H22N4O3/c1-28-20-5-3-2-4-19(20)27-23(28)22(29)17-6-8-18(9-7-17)31-24-21(25-12-13-26-24)16-10-14-30-15-11-16/h2-9,12-13,16H,10-11,14-15H2,1H3. The van der Waals surface area contributed by atoms with Gasteiger partial charge in [-0.25, -0.2) is 9.97 Å². The number of benzene rings is 2. The summed E-state index contributed by atoms with van der Waals surface area (Å²) in [6.07, 6.45) is 5.12. The van der Waals surface area contributed by atoms with Crippen molar-refractivity contribution in [1.82, 2.24) is 19.5 Å². The van der Waals surface area contributed by atoms with Crippen LogP contribution >= 0.6 is 0 Å². The first kappa shape index (κ1) is 19.4. The molecular weight excluding hydrogens is 392 g/mol. The quantitative estimate of drug-likeness (QED) is 0.454. The predicted octanol–water partition coefficient (Wildman–Crippen LogP) is 4.28. The van der Waals surface area contributed by atoms with Crippen LogP contribution in [0, 0.1) is 0 Å². The summed E-state index contributed by atoms with van der Waals surface area (Å²) in [5.41, 5.74) is 3.13. The molecule has 0 N–H and O–H groups in total. The fourth-order valence-corrected chi connectivity index (χ4v) is 3.93. The fraction of sp³-hybridized carbons (Fsp3) is 0.250. The maximum atomic E-state index is 13.0. The van der Waals surface area contributed by atoms with Crippen LogP contribution in [-0.4, -0.2) is 38.5 Å². The average Bonchev–Trinajstić information content (AvgIpc) is 3.17. The van der Waals surface area contributed by atoms with Gasteiger partial charge in [0.15, 0.2) is 5.82 Å². The lowest BCUT2D eigenvalue weighted by atomic mass is 9.96. The molecule has 4 aromatic rings. The third-order valence-corrected chi connectivity index (χ3v) is 5.62. The van der Waals surface area contributed by atoms with E-state index in [0.717, 1.165) is 42.8 Å². The fourth-order valence-electron chi connectivity index (χ4n) is 3.93. The van der Waals surface area contributed by atoms with Crippen LogP contribution in [0.4, 0.5) is 0 Å². The third kappa shape index (κ3) is 3.80. The molecule has 5 rings (SSSR count). The highest BCUT2D eigenvalue weighted by atomic mass is 16.5. The molecule has 2 aromatic heterocycles. The highest BCUT2D eigenvalue weighted by Crippen LogP contribution is 2.32. The van der Waals surface area contributed by atoms with Gasteiger partial charge in [-0.2, -0.15) is 0 Å². The number of ether oxygens (including phenoxy) is 2. The van der Waals surface area contributed by atoms with E-state index in [9.17, 15) is 4.79 Å². The molecule has 156 valence electrons. The van der Waals surface area contributed by atoms with Crippen molar-refractivity contribution in [3.8, 4) is 11.6 Å². The monoisotopic (exact) mass is 414 g/mol. The lowest BCUT2D eigenvalue weighted by molar-refractivity contribution is 0.0839. The summed E-state index contributed by atoms with van der Waals surface area (Å²) < 4.78 is 13.3. The third-order valence-electron chi connectivity index (χ3n) is 5.62. The molecule has 1 aliphatic heterocycles. The summed E-state index contributed by atoms with van der Waals surface area (Å²) in [5.74, 6) is 1.66. The number of carbonyl (C=O) groups excluding carboxylic acids is 1. The van der Waals surface area contributed by atoms with Crippen molar-refractivity contribution >= 4 is 16.8 Å². The van der Waals surface area contributed by atoms with Crippen LogP contribution < -0.4 is 4.74 Å². The van der Waals surface area contributed by atoms with E-state index in [2.05, 4.69) is 15.0 Å². The number of imidazole rings is 1. The molecule has 1 saturated heterocycles. The zero-order valence-electron chi connectivity index (χ0n) is 17.2. The Balaban J connectivity index is 1.37. The Morgan fingerprint density at radius 3 is 2.55 bits per heavy atom. The summed E-state index contributed by atoms with van der Waals surface area (Å²) in [4.78, 5) is 26.4. The Labute approximate surface area is 179 Å². The molecule has 2 aromatic carbocycles. The van der Waals surface area contributed by atoms with Crippen LogP contribution in [0.5, 0.6) is 11.6 Å². The number of hydrogen-bond donors (Lipinski definition) is 0. The first-order valence-electron chi connectivity index (χ1n) is 10.3. The van der Waals surface area contributed by atoms with E-state index >= 15 is 0 Å². The second kappa shape index (κ2) is 8.28. The number of aryl methyl sites for hydroxylation is 1. The van der Waals surface area contributed by atoms with Gasteiger partial charge in [0.25, 0.3) is 0 Å². The van der Waals surface area contributed by atoms with Gasteiger partial charge in [0, 0.05) is 44.1 Å². The molecule has 1 fully saturated rings. The van der Waals surface area contributed by atoms with Gasteiger partial charge in [-0.15, -0.1) is 0 Å². The van der Waals surface area contributed by atoms with Crippen LogP contribution in [0.15, 0.2) is 60.9 Å². The van der Waals surface area contributed by atoms with Gasteiger partial charge < -0.3 is 14.0 Å². The summed E-state index contributed by atoms with van der Waals surface area (Å²) in [6.45, 7) is 1.44. The van der Waals surface area contributed by atoms with E-state index in [1.165, 1.54) is 0 Å². The summed E-state index contributed by atoms with van der Waals surface area (Å²) in [5, 5.41) is 0. The van der Waals surface area contributed by atoms with Gasteiger partial charge in [-0.3, -0.25) is 9.78 Å². The molecular formula is C24H22N4O3. The Morgan fingerprint density at radius 1 is 1.03 bits per heavy atom. The van der Waals surface area contributed by atoms with E-state index in [1.807, 2.05) is 35.9 Å². The minimum absolute atomic E-state index is 0.132. The molecule has 31 heavy (non-hydrogen) atoms. The average molecular weight is 414 g/mol. The van der Waals surface area contributed by atoms with Gasteiger partial charge in [0.05, 0.1) is 11.0 Å². The van der Waals surface area contributed by atoms with Crippen LogP contribution in [0.25, 0.3) is 11.0 Å². The smallest absolute Gasteiger partial charge is 0.241 e. The predicted molar refractivity (Wildman–Crippen MR) is 115 cm³/mol. The SMILES string of the molecule is Cn1c(C(=O)c2ccc(Oc3nccnc3C3CCOCC3)cc2)nc2ccccc21. The highest BCUT2D eigenvalue weighted by Gasteiger charge is 2.22. The van der Waals surface area contributed by atoms with Crippen molar-refractivity contribution in [3.63, 3.8) is 0 Å². The van der Waals surface area contributed by atoms with Crippen LogP contribution in [0.1, 0.15) is 40.6 Å². The first-order chi connectivity index (χ1) is 15.2. The number of rotatable bonds is 5. The van der Waals surface area contributed by atoms with E-state index in [4.69, 9.17) is 9.47 Å². The van der Waals surface area contributed by atoms with Crippen molar-refractivity contribution < 1.29 is 14.3 Å². The molecule has 0 radical (unpaired) electrons. The number of hydrogen-bond acceptors (Lipinski definition) is 6. The Hall–Kier alpha value is -3.58. The summed E-state index contributed by atoms with van der Waals surface area (Å²) >= 11 is 0. The van der Waals surface area contributed by atoms with Gasteiger partial charge >= 0.3 is 0 Å². The van der Waals surface area contributed by atoms with Crippen molar-refractivity contribution in [2.75, 3.05) is 13.2 Å². The van der Waals surface area contributed by atoms with Crippen LogP contribution in [0.2, 0.25) is 0 Å². The Kier molecular flexibility index (Phi) is 5.18. The molecule has 0 spiro atoms. The molecule has 0 bridgehead atoms. The van der Waals surface area contributed by atoms with Gasteiger partial charge in [-0.05, 0) is 49.2 Å². The summed E-state index contributed by atoms with van der Waals surface area (Å²) in [6, 6.07) is 14.8. The number of carbonyl (C=O) groups is 1. The van der Waals surface area contributed by atoms with Crippen LogP contribution in [-0.2, 0) is 11.8 Å². The number of aromatic nitrogens is 4. The Morgan fingerprint density at radius 2 is 1.77 bits per heavy atom. The number of fused-ring (bicyclic) bond motifs is 1. The first-order valence-corrected chi connectivity index (χ1v) is 10.3. The molecule has 7 nitrogen and oxygen atoms in total. The zero-order valence-corrected chi connectivity index (χ0v) is 17.2. The lowest BCUT2D eigenvalue weighted by Crippen LogP contribution is -2.16. The second-order valence-electron chi connectivity index (χ2n) is 7.57. The van der Waals surface area contributed by atoms with Crippen LogP contribution in [0.3, 0.4) is 0 Å². The molecule has 0 atom stereocenters. The molecule has 7 heteroatoms. The number of ketones is 1.